The van der Waals surface area contributed by atoms with Gasteiger partial charge in [-0.25, -0.2) is 8.42 Å². The van der Waals surface area contributed by atoms with E-state index < -0.39 is 28.5 Å². The summed E-state index contributed by atoms with van der Waals surface area (Å²) in [6.45, 7) is 1.62. The molecule has 4 aromatic carbocycles. The molecular weight excluding hydrogens is 676 g/mol. The van der Waals surface area contributed by atoms with Gasteiger partial charge in [-0.2, -0.15) is 0 Å². The van der Waals surface area contributed by atoms with Crippen molar-refractivity contribution >= 4 is 73.9 Å². The number of nitrogens with zero attached hydrogens (tertiary/aromatic N) is 2. The van der Waals surface area contributed by atoms with Gasteiger partial charge in [0.2, 0.25) is 11.8 Å². The number of benzene rings is 4. The van der Waals surface area contributed by atoms with E-state index in [4.69, 9.17) is 46.4 Å². The van der Waals surface area contributed by atoms with E-state index in [1.54, 1.807) is 36.4 Å². The molecule has 1 unspecified atom stereocenters. The Hall–Kier alpha value is -3.27. The van der Waals surface area contributed by atoms with Gasteiger partial charge in [-0.1, -0.05) is 108 Å². The van der Waals surface area contributed by atoms with Gasteiger partial charge in [0.05, 0.1) is 20.6 Å². The maximum atomic E-state index is 14.5. The Morgan fingerprint density at radius 3 is 2.00 bits per heavy atom. The van der Waals surface area contributed by atoms with E-state index in [0.29, 0.717) is 23.6 Å². The molecule has 0 aromatic heterocycles. The smallest absolute Gasteiger partial charge is 0.264 e. The summed E-state index contributed by atoms with van der Waals surface area (Å²) in [5.41, 5.74) is 1.51. The predicted octanol–water partition coefficient (Wildman–Crippen LogP) is 7.66. The lowest BCUT2D eigenvalue weighted by atomic mass is 10.0. The number of anilines is 1. The van der Waals surface area contributed by atoms with E-state index in [1.807, 2.05) is 37.3 Å². The Balaban J connectivity index is 1.82. The van der Waals surface area contributed by atoms with Crippen molar-refractivity contribution < 1.29 is 18.0 Å². The van der Waals surface area contributed by atoms with E-state index in [0.717, 1.165) is 9.87 Å². The molecule has 0 spiro atoms. The Bertz CT molecular complexity index is 1720. The first-order valence-corrected chi connectivity index (χ1v) is 17.0. The number of hydrogen-bond donors (Lipinski definition) is 1. The van der Waals surface area contributed by atoms with Gasteiger partial charge in [0.25, 0.3) is 10.0 Å². The Morgan fingerprint density at radius 1 is 0.778 bits per heavy atom. The zero-order valence-corrected chi connectivity index (χ0v) is 28.1. The van der Waals surface area contributed by atoms with Gasteiger partial charge in [0.1, 0.15) is 12.6 Å². The normalized spacial score (nSPS) is 11.9. The second-order valence-electron chi connectivity index (χ2n) is 10.2. The summed E-state index contributed by atoms with van der Waals surface area (Å²) in [4.78, 5) is 29.5. The van der Waals surface area contributed by atoms with Crippen LogP contribution in [0.1, 0.15) is 24.5 Å². The van der Waals surface area contributed by atoms with Crippen LogP contribution in [0.4, 0.5) is 5.69 Å². The second-order valence-corrected chi connectivity index (χ2v) is 13.8. The molecule has 4 rings (SSSR count). The first kappa shape index (κ1) is 34.6. The van der Waals surface area contributed by atoms with Crippen LogP contribution in [0.25, 0.3) is 0 Å². The third-order valence-corrected chi connectivity index (χ3v) is 9.87. The maximum Gasteiger partial charge on any atom is 0.264 e. The van der Waals surface area contributed by atoms with Crippen molar-refractivity contribution in [1.82, 2.24) is 10.2 Å². The minimum atomic E-state index is -4.29. The summed E-state index contributed by atoms with van der Waals surface area (Å²) in [7, 11) is -4.29. The van der Waals surface area contributed by atoms with Crippen LogP contribution in [-0.2, 0) is 32.6 Å². The Morgan fingerprint density at radius 2 is 1.40 bits per heavy atom. The number of carbonyl (C=O) groups excluding carboxylic acids is 2. The lowest BCUT2D eigenvalue weighted by Gasteiger charge is -2.34. The maximum absolute atomic E-state index is 14.5. The second kappa shape index (κ2) is 15.8. The molecule has 45 heavy (non-hydrogen) atoms. The number of carbonyl (C=O) groups is 2. The number of nitrogens with one attached hydrogen (secondary N) is 1. The van der Waals surface area contributed by atoms with Crippen LogP contribution in [0, 0.1) is 0 Å². The first-order chi connectivity index (χ1) is 21.5. The number of hydrogen-bond acceptors (Lipinski definition) is 4. The summed E-state index contributed by atoms with van der Waals surface area (Å²) in [5.74, 6) is -1.01. The fourth-order valence-corrected chi connectivity index (χ4v) is 6.94. The molecule has 236 valence electrons. The van der Waals surface area contributed by atoms with Crippen LogP contribution in [0.3, 0.4) is 0 Å². The molecule has 1 N–H and O–H groups in total. The molecule has 0 fully saturated rings. The summed E-state index contributed by atoms with van der Waals surface area (Å²) in [5, 5.41) is 3.88. The fraction of sp³-hybridized carbons (Fsp3) is 0.212. The summed E-state index contributed by atoms with van der Waals surface area (Å²) in [6.07, 6.45) is 0.862. The van der Waals surface area contributed by atoms with Crippen LogP contribution in [0.2, 0.25) is 20.1 Å². The van der Waals surface area contributed by atoms with E-state index in [9.17, 15) is 18.0 Å². The average Bonchev–Trinajstić information content (AvgIpc) is 3.02. The topological polar surface area (TPSA) is 86.8 Å². The Labute approximate surface area is 283 Å². The van der Waals surface area contributed by atoms with Crippen molar-refractivity contribution in [1.29, 1.82) is 0 Å². The molecule has 0 aliphatic rings. The lowest BCUT2D eigenvalue weighted by Crippen LogP contribution is -2.53. The highest BCUT2D eigenvalue weighted by molar-refractivity contribution is 7.92. The van der Waals surface area contributed by atoms with Gasteiger partial charge >= 0.3 is 0 Å². The summed E-state index contributed by atoms with van der Waals surface area (Å²) in [6, 6.07) is 25.2. The SMILES string of the molecule is CCCNC(=O)C(Cc1ccccc1)N(Cc1ccc(Cl)c(Cl)c1)C(=O)CN(c1cc(Cl)cc(Cl)c1)S(=O)(=O)c1ccccc1. The van der Waals surface area contributed by atoms with Gasteiger partial charge < -0.3 is 10.2 Å². The van der Waals surface area contributed by atoms with Gasteiger partial charge in [-0.15, -0.1) is 0 Å². The molecule has 0 bridgehead atoms. The van der Waals surface area contributed by atoms with Crippen molar-refractivity contribution in [2.24, 2.45) is 0 Å². The number of sulfonamides is 1. The predicted molar refractivity (Wildman–Crippen MR) is 182 cm³/mol. The van der Waals surface area contributed by atoms with Crippen molar-refractivity contribution in [3.05, 3.63) is 128 Å². The minimum Gasteiger partial charge on any atom is -0.354 e. The van der Waals surface area contributed by atoms with Crippen molar-refractivity contribution in [3.63, 3.8) is 0 Å². The van der Waals surface area contributed by atoms with Gasteiger partial charge in [0.15, 0.2) is 0 Å². The fourth-order valence-electron chi connectivity index (χ4n) is 4.69. The molecule has 0 aliphatic carbocycles. The molecule has 0 aliphatic heterocycles. The minimum absolute atomic E-state index is 0.0357. The highest BCUT2D eigenvalue weighted by atomic mass is 35.5. The molecule has 0 saturated heterocycles. The largest absolute Gasteiger partial charge is 0.354 e. The third kappa shape index (κ3) is 9.15. The molecule has 0 saturated carbocycles. The molecule has 1 atom stereocenters. The van der Waals surface area contributed by atoms with Crippen LogP contribution in [0.5, 0.6) is 0 Å². The van der Waals surface area contributed by atoms with Crippen molar-refractivity contribution in [2.45, 2.75) is 37.2 Å². The number of amides is 2. The van der Waals surface area contributed by atoms with E-state index in [1.165, 1.54) is 35.2 Å². The van der Waals surface area contributed by atoms with Gasteiger partial charge in [-0.3, -0.25) is 13.9 Å². The standard InChI is InChI=1S/C33H31Cl4N3O4S/c1-2-15-38-33(42)31(17-23-9-5-3-6-10-23)39(21-24-13-14-29(36)30(37)16-24)32(41)22-40(27-19-25(34)18-26(35)20-27)45(43,44)28-11-7-4-8-12-28/h3-14,16,18-20,31H,2,15,17,21-22H2,1H3,(H,38,42). The lowest BCUT2D eigenvalue weighted by molar-refractivity contribution is -0.140. The number of halogens is 4. The molecule has 7 nitrogen and oxygen atoms in total. The zero-order chi connectivity index (χ0) is 32.6. The van der Waals surface area contributed by atoms with Crippen LogP contribution in [-0.4, -0.2) is 44.3 Å². The van der Waals surface area contributed by atoms with Crippen molar-refractivity contribution in [3.8, 4) is 0 Å². The molecule has 2 amide bonds. The quantitative estimate of drug-likeness (QED) is 0.155. The number of rotatable bonds is 13. The van der Waals surface area contributed by atoms with Crippen LogP contribution >= 0.6 is 46.4 Å². The Kier molecular flexibility index (Phi) is 12.2. The van der Waals surface area contributed by atoms with Gasteiger partial charge in [-0.05, 0) is 60.0 Å². The third-order valence-electron chi connectivity index (χ3n) is 6.90. The van der Waals surface area contributed by atoms with Crippen molar-refractivity contribution in [2.75, 3.05) is 17.4 Å². The molecule has 0 radical (unpaired) electrons. The zero-order valence-electron chi connectivity index (χ0n) is 24.3. The molecule has 4 aromatic rings. The van der Waals surface area contributed by atoms with E-state index in [2.05, 4.69) is 5.32 Å². The highest BCUT2D eigenvalue weighted by Gasteiger charge is 2.34. The van der Waals surface area contributed by atoms with E-state index >= 15 is 0 Å². The molecule has 0 heterocycles. The van der Waals surface area contributed by atoms with Crippen LogP contribution < -0.4 is 9.62 Å². The van der Waals surface area contributed by atoms with E-state index in [-0.39, 0.29) is 44.5 Å². The monoisotopic (exact) mass is 705 g/mol. The highest BCUT2D eigenvalue weighted by Crippen LogP contribution is 2.31. The average molecular weight is 708 g/mol. The molecule has 12 heteroatoms. The summed E-state index contributed by atoms with van der Waals surface area (Å²) >= 11 is 25.0. The van der Waals surface area contributed by atoms with Gasteiger partial charge in [0, 0.05) is 29.6 Å². The summed E-state index contributed by atoms with van der Waals surface area (Å²) < 4.78 is 29.0. The van der Waals surface area contributed by atoms with Crippen LogP contribution in [0.15, 0.2) is 102 Å². The molecular formula is C33H31Cl4N3O4S. The first-order valence-electron chi connectivity index (χ1n) is 14.1.